The first-order chi connectivity index (χ1) is 8.19. The van der Waals surface area contributed by atoms with Crippen LogP contribution in [0.5, 0.6) is 0 Å². The fourth-order valence-corrected chi connectivity index (χ4v) is 1.94. The number of piperazine rings is 1. The first-order valence-electron chi connectivity index (χ1n) is 6.47. The monoisotopic (exact) mass is 241 g/mol. The van der Waals surface area contributed by atoms with Crippen LogP contribution in [0.3, 0.4) is 0 Å². The number of amides is 2. The fraction of sp³-hybridized carbons (Fsp3) is 0.833. The van der Waals surface area contributed by atoms with Gasteiger partial charge in [-0.1, -0.05) is 13.8 Å². The second-order valence-corrected chi connectivity index (χ2v) is 4.35. The SMILES string of the molecule is CCCC(=O)NC(CC)C(=O)N1CCNCC1. The van der Waals surface area contributed by atoms with Crippen molar-refractivity contribution >= 4 is 11.8 Å². The molecule has 0 bridgehead atoms. The minimum Gasteiger partial charge on any atom is -0.344 e. The van der Waals surface area contributed by atoms with Crippen molar-refractivity contribution in [1.29, 1.82) is 0 Å². The molecule has 1 atom stereocenters. The van der Waals surface area contributed by atoms with E-state index in [1.54, 1.807) is 0 Å². The molecule has 1 rings (SSSR count). The van der Waals surface area contributed by atoms with Crippen LogP contribution in [0, 0.1) is 0 Å². The summed E-state index contributed by atoms with van der Waals surface area (Å²) in [7, 11) is 0. The molecule has 0 spiro atoms. The Hall–Kier alpha value is -1.10. The zero-order valence-electron chi connectivity index (χ0n) is 10.8. The second-order valence-electron chi connectivity index (χ2n) is 4.35. The molecule has 0 saturated carbocycles. The van der Waals surface area contributed by atoms with E-state index < -0.39 is 0 Å². The lowest BCUT2D eigenvalue weighted by Crippen LogP contribution is -2.53. The van der Waals surface area contributed by atoms with Crippen LogP contribution in [0.2, 0.25) is 0 Å². The highest BCUT2D eigenvalue weighted by molar-refractivity contribution is 5.87. The smallest absolute Gasteiger partial charge is 0.245 e. The number of hydrogen-bond donors (Lipinski definition) is 2. The summed E-state index contributed by atoms with van der Waals surface area (Å²) in [6.45, 7) is 7.03. The summed E-state index contributed by atoms with van der Waals surface area (Å²) < 4.78 is 0. The van der Waals surface area contributed by atoms with Gasteiger partial charge in [0.05, 0.1) is 0 Å². The van der Waals surface area contributed by atoms with Crippen LogP contribution in [0.15, 0.2) is 0 Å². The van der Waals surface area contributed by atoms with E-state index in [9.17, 15) is 9.59 Å². The van der Waals surface area contributed by atoms with E-state index in [4.69, 9.17) is 0 Å². The van der Waals surface area contributed by atoms with Crippen LogP contribution in [0.4, 0.5) is 0 Å². The van der Waals surface area contributed by atoms with Gasteiger partial charge in [-0.05, 0) is 12.8 Å². The largest absolute Gasteiger partial charge is 0.344 e. The van der Waals surface area contributed by atoms with Gasteiger partial charge in [-0.2, -0.15) is 0 Å². The molecule has 2 amide bonds. The van der Waals surface area contributed by atoms with E-state index in [0.717, 1.165) is 32.6 Å². The molecule has 1 saturated heterocycles. The average molecular weight is 241 g/mol. The average Bonchev–Trinajstić information content (AvgIpc) is 2.36. The highest BCUT2D eigenvalue weighted by Gasteiger charge is 2.24. The Bertz CT molecular complexity index is 262. The van der Waals surface area contributed by atoms with E-state index >= 15 is 0 Å². The van der Waals surface area contributed by atoms with Crippen LogP contribution in [-0.2, 0) is 9.59 Å². The van der Waals surface area contributed by atoms with Crippen molar-refractivity contribution in [3.05, 3.63) is 0 Å². The number of nitrogens with one attached hydrogen (secondary N) is 2. The zero-order valence-corrected chi connectivity index (χ0v) is 10.8. The zero-order chi connectivity index (χ0) is 12.7. The fourth-order valence-electron chi connectivity index (χ4n) is 1.94. The maximum atomic E-state index is 12.2. The molecule has 17 heavy (non-hydrogen) atoms. The molecule has 0 aromatic carbocycles. The van der Waals surface area contributed by atoms with Crippen molar-refractivity contribution in [3.63, 3.8) is 0 Å². The molecule has 98 valence electrons. The van der Waals surface area contributed by atoms with Gasteiger partial charge in [0.15, 0.2) is 0 Å². The van der Waals surface area contributed by atoms with Crippen molar-refractivity contribution < 1.29 is 9.59 Å². The van der Waals surface area contributed by atoms with Gasteiger partial charge in [0.2, 0.25) is 11.8 Å². The molecule has 1 heterocycles. The first-order valence-corrected chi connectivity index (χ1v) is 6.47. The Kier molecular flexibility index (Phi) is 5.97. The van der Waals surface area contributed by atoms with Crippen LogP contribution in [0.1, 0.15) is 33.1 Å². The Labute approximate surface area is 103 Å². The van der Waals surface area contributed by atoms with Crippen LogP contribution in [-0.4, -0.2) is 48.9 Å². The topological polar surface area (TPSA) is 61.4 Å². The Morgan fingerprint density at radius 2 is 1.94 bits per heavy atom. The van der Waals surface area contributed by atoms with Gasteiger partial charge >= 0.3 is 0 Å². The Morgan fingerprint density at radius 1 is 1.29 bits per heavy atom. The van der Waals surface area contributed by atoms with Gasteiger partial charge < -0.3 is 15.5 Å². The number of rotatable bonds is 5. The highest BCUT2D eigenvalue weighted by atomic mass is 16.2. The first kappa shape index (κ1) is 14.0. The predicted molar refractivity (Wildman–Crippen MR) is 66.6 cm³/mol. The van der Waals surface area contributed by atoms with Crippen molar-refractivity contribution in [3.8, 4) is 0 Å². The molecule has 1 fully saturated rings. The normalized spacial score (nSPS) is 17.6. The third-order valence-electron chi connectivity index (χ3n) is 2.95. The highest BCUT2D eigenvalue weighted by Crippen LogP contribution is 2.02. The number of carbonyl (C=O) groups excluding carboxylic acids is 2. The molecule has 0 radical (unpaired) electrons. The lowest BCUT2D eigenvalue weighted by Gasteiger charge is -2.30. The Morgan fingerprint density at radius 3 is 2.47 bits per heavy atom. The van der Waals surface area contributed by atoms with E-state index in [2.05, 4.69) is 10.6 Å². The molecule has 0 aromatic heterocycles. The van der Waals surface area contributed by atoms with E-state index in [1.807, 2.05) is 18.7 Å². The molecular weight excluding hydrogens is 218 g/mol. The quantitative estimate of drug-likeness (QED) is 0.718. The molecule has 2 N–H and O–H groups in total. The number of carbonyl (C=O) groups is 2. The van der Waals surface area contributed by atoms with E-state index in [-0.39, 0.29) is 17.9 Å². The van der Waals surface area contributed by atoms with Crippen molar-refractivity contribution in [2.45, 2.75) is 39.2 Å². The van der Waals surface area contributed by atoms with E-state index in [0.29, 0.717) is 12.8 Å². The number of nitrogens with zero attached hydrogens (tertiary/aromatic N) is 1. The summed E-state index contributed by atoms with van der Waals surface area (Å²) in [6, 6.07) is -0.354. The summed E-state index contributed by atoms with van der Waals surface area (Å²) in [4.78, 5) is 25.5. The van der Waals surface area contributed by atoms with Gasteiger partial charge in [0.25, 0.3) is 0 Å². The van der Waals surface area contributed by atoms with Gasteiger partial charge in [-0.25, -0.2) is 0 Å². The standard InChI is InChI=1S/C12H23N3O2/c1-3-5-11(16)14-10(4-2)12(17)15-8-6-13-7-9-15/h10,13H,3-9H2,1-2H3,(H,14,16). The summed E-state index contributed by atoms with van der Waals surface area (Å²) in [6.07, 6.45) is 1.95. The lowest BCUT2D eigenvalue weighted by molar-refractivity contribution is -0.137. The lowest BCUT2D eigenvalue weighted by atomic mass is 10.1. The van der Waals surface area contributed by atoms with Gasteiger partial charge in [0.1, 0.15) is 6.04 Å². The minimum absolute atomic E-state index is 0.0252. The molecule has 0 aromatic rings. The van der Waals surface area contributed by atoms with Crippen molar-refractivity contribution in [2.24, 2.45) is 0 Å². The number of hydrogen-bond acceptors (Lipinski definition) is 3. The second kappa shape index (κ2) is 7.27. The van der Waals surface area contributed by atoms with Crippen LogP contribution >= 0.6 is 0 Å². The summed E-state index contributed by atoms with van der Waals surface area (Å²) in [5.74, 6) is 0.0290. The van der Waals surface area contributed by atoms with Crippen molar-refractivity contribution in [1.82, 2.24) is 15.5 Å². The molecular formula is C12H23N3O2. The third-order valence-corrected chi connectivity index (χ3v) is 2.95. The van der Waals surface area contributed by atoms with Crippen LogP contribution in [0.25, 0.3) is 0 Å². The van der Waals surface area contributed by atoms with Crippen LogP contribution < -0.4 is 10.6 Å². The molecule has 5 heteroatoms. The minimum atomic E-state index is -0.354. The molecule has 1 aliphatic rings. The third kappa shape index (κ3) is 4.34. The Balaban J connectivity index is 2.47. The maximum Gasteiger partial charge on any atom is 0.245 e. The van der Waals surface area contributed by atoms with Gasteiger partial charge in [-0.3, -0.25) is 9.59 Å². The molecule has 1 unspecified atom stereocenters. The summed E-state index contributed by atoms with van der Waals surface area (Å²) >= 11 is 0. The molecule has 1 aliphatic heterocycles. The van der Waals surface area contributed by atoms with E-state index in [1.165, 1.54) is 0 Å². The van der Waals surface area contributed by atoms with Gasteiger partial charge in [-0.15, -0.1) is 0 Å². The predicted octanol–water partition coefficient (Wildman–Crippen LogP) is 0.113. The van der Waals surface area contributed by atoms with Gasteiger partial charge in [0, 0.05) is 32.6 Å². The molecule has 0 aliphatic carbocycles. The summed E-state index contributed by atoms with van der Waals surface area (Å²) in [5.41, 5.74) is 0. The van der Waals surface area contributed by atoms with Crippen molar-refractivity contribution in [2.75, 3.05) is 26.2 Å². The molecule has 5 nitrogen and oxygen atoms in total. The maximum absolute atomic E-state index is 12.2. The summed E-state index contributed by atoms with van der Waals surface area (Å²) in [5, 5.41) is 6.02.